The van der Waals surface area contributed by atoms with E-state index in [4.69, 9.17) is 0 Å². The van der Waals surface area contributed by atoms with Gasteiger partial charge in [0.25, 0.3) is 5.91 Å². The molecule has 5 N–H and O–H groups in total. The zero-order chi connectivity index (χ0) is 31.7. The molecule has 0 unspecified atom stereocenters. The number of aromatic carboxylic acids is 2. The van der Waals surface area contributed by atoms with Gasteiger partial charge in [-0.15, -0.1) is 10.2 Å². The van der Waals surface area contributed by atoms with Crippen LogP contribution in [0.1, 0.15) is 63.2 Å². The normalized spacial score (nSPS) is 13.4. The molecule has 3 heterocycles. The number of amides is 1. The van der Waals surface area contributed by atoms with Gasteiger partial charge in [0.15, 0.2) is 0 Å². The molecule has 1 aliphatic carbocycles. The van der Waals surface area contributed by atoms with Crippen molar-refractivity contribution in [2.24, 2.45) is 0 Å². The third-order valence-corrected chi connectivity index (χ3v) is 7.49. The van der Waals surface area contributed by atoms with Crippen molar-refractivity contribution < 1.29 is 34.8 Å². The van der Waals surface area contributed by atoms with E-state index in [9.17, 15) is 34.8 Å². The van der Waals surface area contributed by atoms with Gasteiger partial charge in [-0.25, -0.2) is 23.9 Å². The second kappa shape index (κ2) is 11.9. The van der Waals surface area contributed by atoms with Gasteiger partial charge in [-0.2, -0.15) is 0 Å². The second-order valence-electron chi connectivity index (χ2n) is 10.5. The van der Waals surface area contributed by atoms with Gasteiger partial charge >= 0.3 is 11.9 Å². The van der Waals surface area contributed by atoms with E-state index in [0.717, 1.165) is 32.1 Å². The highest BCUT2D eigenvalue weighted by Crippen LogP contribution is 2.27. The Morgan fingerprint density at radius 3 is 1.62 bits per heavy atom. The van der Waals surface area contributed by atoms with Crippen LogP contribution in [0, 0.1) is 0 Å². The number of nitrogens with zero attached hydrogens (tertiary/aromatic N) is 7. The Bertz CT molecular complexity index is 1820. The first-order valence-corrected chi connectivity index (χ1v) is 14.0. The van der Waals surface area contributed by atoms with Gasteiger partial charge in [-0.05, 0) is 49.2 Å². The van der Waals surface area contributed by atoms with Gasteiger partial charge in [0.05, 0.1) is 35.2 Å². The fourth-order valence-corrected chi connectivity index (χ4v) is 5.14. The van der Waals surface area contributed by atoms with Crippen LogP contribution in [0.15, 0.2) is 60.9 Å². The van der Waals surface area contributed by atoms with Crippen LogP contribution < -0.4 is 5.32 Å². The lowest BCUT2D eigenvalue weighted by atomic mass is 9.95. The summed E-state index contributed by atoms with van der Waals surface area (Å²) in [6.45, 7) is 0. The number of phenols is 2. The topological polar surface area (TPSA) is 218 Å². The molecule has 1 fully saturated rings. The summed E-state index contributed by atoms with van der Waals surface area (Å²) in [6, 6.07) is 11.1. The maximum absolute atomic E-state index is 13.4. The van der Waals surface area contributed by atoms with Crippen molar-refractivity contribution in [3.8, 4) is 45.6 Å². The van der Waals surface area contributed by atoms with Crippen molar-refractivity contribution in [1.29, 1.82) is 0 Å². The maximum atomic E-state index is 13.4. The first kappa shape index (κ1) is 29.0. The van der Waals surface area contributed by atoms with E-state index in [2.05, 4.69) is 30.9 Å². The number of pyridine rings is 1. The summed E-state index contributed by atoms with van der Waals surface area (Å²) in [6.07, 6.45) is 8.03. The molecular weight excluding hydrogens is 584 g/mol. The largest absolute Gasteiger partial charge is 0.507 e. The fourth-order valence-electron chi connectivity index (χ4n) is 5.14. The zero-order valence-corrected chi connectivity index (χ0v) is 23.5. The Morgan fingerprint density at radius 1 is 0.689 bits per heavy atom. The first-order valence-electron chi connectivity index (χ1n) is 14.0. The SMILES string of the molecule is O=C(NC1CCCCC1)c1cc(-c2cn(-c3ccc(C(=O)O)c(O)c3)nn2)nc(-c2cn(-c3ccc(C(=O)O)c(O)c3)nn2)c1. The molecule has 0 saturated heterocycles. The van der Waals surface area contributed by atoms with E-state index in [-0.39, 0.29) is 45.9 Å². The van der Waals surface area contributed by atoms with Crippen LogP contribution in [0.2, 0.25) is 0 Å². The van der Waals surface area contributed by atoms with Crippen molar-refractivity contribution >= 4 is 17.8 Å². The lowest BCUT2D eigenvalue weighted by Gasteiger charge is -2.22. The molecule has 0 bridgehead atoms. The molecule has 1 amide bonds. The van der Waals surface area contributed by atoms with Crippen molar-refractivity contribution in [3.63, 3.8) is 0 Å². The third kappa shape index (κ3) is 6.04. The van der Waals surface area contributed by atoms with Gasteiger partial charge in [0, 0.05) is 23.7 Å². The quantitative estimate of drug-likeness (QED) is 0.171. The van der Waals surface area contributed by atoms with Gasteiger partial charge in [-0.3, -0.25) is 4.79 Å². The summed E-state index contributed by atoms with van der Waals surface area (Å²) >= 11 is 0. The van der Waals surface area contributed by atoms with E-state index < -0.39 is 23.4 Å². The van der Waals surface area contributed by atoms with Crippen molar-refractivity contribution in [2.45, 2.75) is 38.1 Å². The number of aromatic nitrogens is 7. The van der Waals surface area contributed by atoms with Gasteiger partial charge < -0.3 is 25.7 Å². The smallest absolute Gasteiger partial charge is 0.339 e. The van der Waals surface area contributed by atoms with Gasteiger partial charge in [0.2, 0.25) is 0 Å². The first-order chi connectivity index (χ1) is 21.7. The zero-order valence-electron chi connectivity index (χ0n) is 23.5. The minimum atomic E-state index is -1.27. The lowest BCUT2D eigenvalue weighted by Crippen LogP contribution is -2.36. The molecule has 0 spiro atoms. The Kier molecular flexibility index (Phi) is 7.64. The van der Waals surface area contributed by atoms with Crippen molar-refractivity contribution in [1.82, 2.24) is 40.3 Å². The Balaban J connectivity index is 1.37. The number of carbonyl (C=O) groups is 3. The van der Waals surface area contributed by atoms with Crippen molar-refractivity contribution in [3.05, 3.63) is 77.6 Å². The number of hydrogen-bond donors (Lipinski definition) is 5. The number of hydrogen-bond acceptors (Lipinski definition) is 10. The Morgan fingerprint density at radius 2 is 1.18 bits per heavy atom. The van der Waals surface area contributed by atoms with E-state index >= 15 is 0 Å². The van der Waals surface area contributed by atoms with E-state index in [1.807, 2.05) is 0 Å². The molecule has 0 aliphatic heterocycles. The second-order valence-corrected chi connectivity index (χ2v) is 10.5. The third-order valence-electron chi connectivity index (χ3n) is 7.49. The van der Waals surface area contributed by atoms with Crippen LogP contribution in [0.3, 0.4) is 0 Å². The van der Waals surface area contributed by atoms with Gasteiger partial charge in [-0.1, -0.05) is 29.7 Å². The molecule has 15 heteroatoms. The molecule has 0 radical (unpaired) electrons. The maximum Gasteiger partial charge on any atom is 0.339 e. The summed E-state index contributed by atoms with van der Waals surface area (Å²) in [4.78, 5) is 40.6. The Labute approximate surface area is 254 Å². The fraction of sp³-hybridized carbons (Fsp3) is 0.200. The highest BCUT2D eigenvalue weighted by molar-refractivity contribution is 5.96. The van der Waals surface area contributed by atoms with Crippen molar-refractivity contribution in [2.75, 3.05) is 0 Å². The number of benzene rings is 2. The molecule has 0 atom stereocenters. The van der Waals surface area contributed by atoms with Crippen LogP contribution in [-0.4, -0.2) is 79.3 Å². The highest BCUT2D eigenvalue weighted by atomic mass is 16.4. The molecule has 5 aromatic rings. The van der Waals surface area contributed by atoms with Crippen LogP contribution >= 0.6 is 0 Å². The summed E-state index contributed by atoms with van der Waals surface area (Å²) in [7, 11) is 0. The molecule has 15 nitrogen and oxygen atoms in total. The molecule has 1 aliphatic rings. The van der Waals surface area contributed by atoms with E-state index in [0.29, 0.717) is 16.9 Å². The predicted molar refractivity (Wildman–Crippen MR) is 157 cm³/mol. The molecule has 228 valence electrons. The van der Waals surface area contributed by atoms with E-state index in [1.165, 1.54) is 58.2 Å². The number of carbonyl (C=O) groups excluding carboxylic acids is 1. The number of carboxylic acids is 2. The summed E-state index contributed by atoms with van der Waals surface area (Å²) in [5.41, 5.74) is 1.63. The molecule has 45 heavy (non-hydrogen) atoms. The monoisotopic (exact) mass is 610 g/mol. The number of carboxylic acid groups (broad SMARTS) is 2. The number of aromatic hydroxyl groups is 2. The molecule has 6 rings (SSSR count). The van der Waals surface area contributed by atoms with Crippen LogP contribution in [0.25, 0.3) is 34.2 Å². The highest BCUT2D eigenvalue weighted by Gasteiger charge is 2.21. The minimum absolute atomic E-state index is 0.0518. The molecular formula is C30H26N8O7. The average Bonchev–Trinajstić information content (AvgIpc) is 3.72. The Hall–Kier alpha value is -6.12. The molecule has 1 saturated carbocycles. The summed E-state index contributed by atoms with van der Waals surface area (Å²) in [5.74, 6) is -3.72. The van der Waals surface area contributed by atoms with E-state index in [1.54, 1.807) is 12.1 Å². The standard InChI is InChI=1S/C30H26N8O7/c39-26-12-18(6-8-20(26)29(42)43)37-14-24(33-35-37)22-10-16(28(41)31-17-4-2-1-3-5-17)11-23(32-22)25-15-38(36-34-25)19-7-9-21(30(44)45)27(40)13-19/h6-15,17,39-40H,1-5H2,(H,31,41)(H,42,43)(H,44,45). The average molecular weight is 611 g/mol. The number of rotatable bonds is 8. The minimum Gasteiger partial charge on any atom is -0.507 e. The van der Waals surface area contributed by atoms with Crippen LogP contribution in [0.4, 0.5) is 0 Å². The molecule has 2 aromatic carbocycles. The molecule has 3 aromatic heterocycles. The van der Waals surface area contributed by atoms with Crippen LogP contribution in [-0.2, 0) is 0 Å². The summed E-state index contributed by atoms with van der Waals surface area (Å²) in [5, 5.41) is 58.3. The summed E-state index contributed by atoms with van der Waals surface area (Å²) < 4.78 is 2.67. The number of nitrogens with one attached hydrogen (secondary N) is 1. The predicted octanol–water partition coefficient (Wildman–Crippen LogP) is 3.45. The van der Waals surface area contributed by atoms with Gasteiger partial charge in [0.1, 0.15) is 34.0 Å². The lowest BCUT2D eigenvalue weighted by molar-refractivity contribution is 0.0682. The van der Waals surface area contributed by atoms with Crippen LogP contribution in [0.5, 0.6) is 11.5 Å².